The lowest BCUT2D eigenvalue weighted by Gasteiger charge is -2.41. The van der Waals surface area contributed by atoms with Crippen LogP contribution < -0.4 is 0 Å². The Balaban J connectivity index is 4.96. The normalized spacial score (nSPS) is 14.2. The van der Waals surface area contributed by atoms with E-state index in [4.69, 9.17) is 0 Å². The van der Waals surface area contributed by atoms with Crippen molar-refractivity contribution in [2.24, 2.45) is 0 Å². The molecule has 4 heteroatoms. The number of aliphatic carboxylic acids is 1. The fourth-order valence-corrected chi connectivity index (χ4v) is 2.95. The molecule has 0 spiro atoms. The minimum Gasteiger partial charge on any atom is -0.507 e. The molecule has 1 atom stereocenters. The van der Waals surface area contributed by atoms with Crippen LogP contribution in [0.5, 0.6) is 0 Å². The summed E-state index contributed by atoms with van der Waals surface area (Å²) < 4.78 is 0.430. The van der Waals surface area contributed by atoms with Gasteiger partial charge in [0, 0.05) is 6.42 Å². The molecule has 124 valence electrons. The Hall–Kier alpha value is -1.03. The molecule has 0 radical (unpaired) electrons. The van der Waals surface area contributed by atoms with Crippen LogP contribution in [0, 0.1) is 0 Å². The van der Waals surface area contributed by atoms with Crippen LogP contribution in [0.3, 0.4) is 0 Å². The molecule has 0 saturated carbocycles. The topological polar surface area (TPSA) is 57.5 Å². The monoisotopic (exact) mass is 300 g/mol. The lowest BCUT2D eigenvalue weighted by molar-refractivity contribution is -0.937. The van der Waals surface area contributed by atoms with Gasteiger partial charge in [-0.2, -0.15) is 0 Å². The number of hydrogen-bond acceptors (Lipinski definition) is 2. The highest BCUT2D eigenvalue weighted by Gasteiger charge is 2.39. The zero-order valence-electron chi connectivity index (χ0n) is 14.3. The number of carbonyl (C=O) groups is 1. The summed E-state index contributed by atoms with van der Waals surface area (Å²) in [4.78, 5) is 11.6. The van der Waals surface area contributed by atoms with Gasteiger partial charge in [0.1, 0.15) is 12.3 Å². The van der Waals surface area contributed by atoms with E-state index in [9.17, 15) is 15.0 Å². The van der Waals surface area contributed by atoms with Crippen LogP contribution in [0.2, 0.25) is 0 Å². The molecule has 2 N–H and O–H groups in total. The summed E-state index contributed by atoms with van der Waals surface area (Å²) in [6.07, 6.45) is 7.65. The quantitative estimate of drug-likeness (QED) is 0.324. The fraction of sp³-hybridized carbons (Fsp3) is 0.824. The van der Waals surface area contributed by atoms with Gasteiger partial charge >= 0.3 is 5.97 Å². The summed E-state index contributed by atoms with van der Waals surface area (Å²) in [6.45, 7) is 10.1. The van der Waals surface area contributed by atoms with Crippen molar-refractivity contribution in [3.63, 3.8) is 0 Å². The maximum absolute atomic E-state index is 11.6. The van der Waals surface area contributed by atoms with Gasteiger partial charge < -0.3 is 14.7 Å². The van der Waals surface area contributed by atoms with E-state index in [1.165, 1.54) is 6.42 Å². The highest BCUT2D eigenvalue weighted by Crippen LogP contribution is 2.21. The van der Waals surface area contributed by atoms with Crippen LogP contribution in [0.4, 0.5) is 0 Å². The van der Waals surface area contributed by atoms with Gasteiger partial charge in [-0.1, -0.05) is 26.7 Å². The third kappa shape index (κ3) is 6.51. The summed E-state index contributed by atoms with van der Waals surface area (Å²) in [5.74, 6) is -0.406. The van der Waals surface area contributed by atoms with E-state index in [1.54, 1.807) is 0 Å². The molecule has 0 bridgehead atoms. The molecule has 0 aromatic rings. The molecule has 0 aliphatic heterocycles. The molecule has 0 rings (SSSR count). The van der Waals surface area contributed by atoms with E-state index in [2.05, 4.69) is 6.92 Å². The molecule has 21 heavy (non-hydrogen) atoms. The number of carboxylic acids is 1. The van der Waals surface area contributed by atoms with Gasteiger partial charge in [0.05, 0.1) is 13.1 Å². The van der Waals surface area contributed by atoms with Crippen molar-refractivity contribution in [1.82, 2.24) is 0 Å². The number of aliphatic hydroxyl groups is 1. The third-order valence-corrected chi connectivity index (χ3v) is 4.43. The molecule has 0 aromatic heterocycles. The van der Waals surface area contributed by atoms with Crippen molar-refractivity contribution in [2.75, 3.05) is 19.6 Å². The number of hydrogen-bond donors (Lipinski definition) is 2. The molecule has 1 unspecified atom stereocenters. The average Bonchev–Trinajstić information content (AvgIpc) is 2.47. The van der Waals surface area contributed by atoms with E-state index >= 15 is 0 Å². The van der Waals surface area contributed by atoms with Crippen molar-refractivity contribution in [3.8, 4) is 0 Å². The smallest absolute Gasteiger partial charge is 0.362 e. The van der Waals surface area contributed by atoms with Gasteiger partial charge in [-0.05, 0) is 39.2 Å². The second-order valence-corrected chi connectivity index (χ2v) is 5.84. The lowest BCUT2D eigenvalue weighted by Crippen LogP contribution is -2.59. The molecule has 4 nitrogen and oxygen atoms in total. The summed E-state index contributed by atoms with van der Waals surface area (Å²) in [7, 11) is 0. The van der Waals surface area contributed by atoms with Gasteiger partial charge in [-0.15, -0.1) is 0 Å². The van der Waals surface area contributed by atoms with Gasteiger partial charge in [-0.25, -0.2) is 4.79 Å². The van der Waals surface area contributed by atoms with Crippen LogP contribution in [0.1, 0.15) is 66.2 Å². The maximum Gasteiger partial charge on any atom is 0.362 e. The zero-order valence-corrected chi connectivity index (χ0v) is 14.3. The first-order valence-electron chi connectivity index (χ1n) is 8.43. The number of carboxylic acid groups (broad SMARTS) is 1. The SMILES string of the molecule is CCCCC/C=C(/O)C[N+](CC)(CC)C(CCC)C(=O)O. The Labute approximate surface area is 130 Å². The standard InChI is InChI=1S/C17H33NO3/c1-5-9-10-11-13-15(19)14-18(7-3,8-4)16(12-6-2)17(20)21/h13,16H,5-12,14H2,1-4H3,(H-,19,20,21)/p+1/b15-13+. The molecule has 0 saturated heterocycles. The summed E-state index contributed by atoms with van der Waals surface area (Å²) in [5.41, 5.74) is 0. The number of likely N-dealkylation sites (N-methyl/N-ethyl adjacent to an activating group) is 1. The third-order valence-electron chi connectivity index (χ3n) is 4.43. The number of allylic oxidation sites excluding steroid dienone is 1. The van der Waals surface area contributed by atoms with Crippen molar-refractivity contribution in [1.29, 1.82) is 0 Å². The van der Waals surface area contributed by atoms with Gasteiger partial charge in [0.15, 0.2) is 6.04 Å². The number of quaternary nitrogens is 1. The minimum absolute atomic E-state index is 0.345. The summed E-state index contributed by atoms with van der Waals surface area (Å²) in [6, 6.07) is -0.434. The molecule has 0 aliphatic rings. The predicted molar refractivity (Wildman–Crippen MR) is 87.4 cm³/mol. The first kappa shape index (κ1) is 20.0. The molecule has 0 aromatic carbocycles. The zero-order chi connectivity index (χ0) is 16.3. The van der Waals surface area contributed by atoms with Crippen LogP contribution in [-0.4, -0.2) is 46.3 Å². The minimum atomic E-state index is -0.751. The number of aliphatic hydroxyl groups excluding tert-OH is 1. The largest absolute Gasteiger partial charge is 0.507 e. The van der Waals surface area contributed by atoms with Gasteiger partial charge in [-0.3, -0.25) is 0 Å². The van der Waals surface area contributed by atoms with Crippen LogP contribution in [0.25, 0.3) is 0 Å². The van der Waals surface area contributed by atoms with E-state index < -0.39 is 12.0 Å². The number of unbranched alkanes of at least 4 members (excludes halogenated alkanes) is 3. The fourth-order valence-electron chi connectivity index (χ4n) is 2.95. The molecular formula is C17H34NO3+. The Morgan fingerprint density at radius 2 is 1.67 bits per heavy atom. The second kappa shape index (κ2) is 10.7. The van der Waals surface area contributed by atoms with E-state index in [0.29, 0.717) is 23.2 Å². The first-order chi connectivity index (χ1) is 9.97. The van der Waals surface area contributed by atoms with Crippen molar-refractivity contribution < 1.29 is 19.5 Å². The van der Waals surface area contributed by atoms with Gasteiger partial charge in [0.2, 0.25) is 0 Å². The van der Waals surface area contributed by atoms with Crippen molar-refractivity contribution in [2.45, 2.75) is 72.3 Å². The molecule has 0 aliphatic carbocycles. The Morgan fingerprint density at radius 3 is 2.10 bits per heavy atom. The summed E-state index contributed by atoms with van der Waals surface area (Å²) >= 11 is 0. The predicted octanol–water partition coefficient (Wildman–Crippen LogP) is 4.12. The van der Waals surface area contributed by atoms with Crippen LogP contribution >= 0.6 is 0 Å². The Bertz CT molecular complexity index is 322. The molecule has 0 amide bonds. The molecular weight excluding hydrogens is 266 g/mol. The first-order valence-corrected chi connectivity index (χ1v) is 8.43. The van der Waals surface area contributed by atoms with E-state index in [-0.39, 0.29) is 0 Å². The number of rotatable bonds is 12. The highest BCUT2D eigenvalue weighted by molar-refractivity contribution is 5.72. The van der Waals surface area contributed by atoms with Crippen molar-refractivity contribution in [3.05, 3.63) is 11.8 Å². The Morgan fingerprint density at radius 1 is 1.05 bits per heavy atom. The van der Waals surface area contributed by atoms with E-state index in [0.717, 1.165) is 38.8 Å². The number of nitrogens with zero attached hydrogens (tertiary/aromatic N) is 1. The van der Waals surface area contributed by atoms with Crippen LogP contribution in [-0.2, 0) is 4.79 Å². The molecule has 0 heterocycles. The Kier molecular flexibility index (Phi) is 10.1. The maximum atomic E-state index is 11.6. The average molecular weight is 300 g/mol. The van der Waals surface area contributed by atoms with Gasteiger partial charge in [0.25, 0.3) is 0 Å². The second-order valence-electron chi connectivity index (χ2n) is 5.84. The van der Waals surface area contributed by atoms with Crippen molar-refractivity contribution >= 4 is 5.97 Å². The lowest BCUT2D eigenvalue weighted by atomic mass is 10.1. The van der Waals surface area contributed by atoms with Crippen LogP contribution in [0.15, 0.2) is 11.8 Å². The molecule has 0 fully saturated rings. The van der Waals surface area contributed by atoms with E-state index in [1.807, 2.05) is 26.8 Å². The summed E-state index contributed by atoms with van der Waals surface area (Å²) in [5, 5.41) is 19.7. The highest BCUT2D eigenvalue weighted by atomic mass is 16.4.